The molecule has 0 fully saturated rings. The number of nitrogens with zero attached hydrogens (tertiary/aromatic N) is 1. The van der Waals surface area contributed by atoms with Crippen LogP contribution in [0.4, 0.5) is 0 Å². The van der Waals surface area contributed by atoms with E-state index in [1.165, 1.54) is 71.6 Å². The topological polar surface area (TPSA) is 4.93 Å². The summed E-state index contributed by atoms with van der Waals surface area (Å²) in [5.74, 6) is 0. The van der Waals surface area contributed by atoms with Gasteiger partial charge >= 0.3 is 0 Å². The number of rotatable bonds is 2. The summed E-state index contributed by atoms with van der Waals surface area (Å²) in [5, 5.41) is 5.18. The molecule has 0 spiro atoms. The summed E-state index contributed by atoms with van der Waals surface area (Å²) in [6.07, 6.45) is 0. The number of fused-ring (bicyclic) bond motifs is 8. The van der Waals surface area contributed by atoms with Crippen molar-refractivity contribution in [1.29, 1.82) is 0 Å². The largest absolute Gasteiger partial charge is 0.309 e. The van der Waals surface area contributed by atoms with Crippen LogP contribution in [0.2, 0.25) is 0 Å². The van der Waals surface area contributed by atoms with E-state index in [9.17, 15) is 0 Å². The first-order valence-electron chi connectivity index (χ1n) is 13.4. The average Bonchev–Trinajstić information content (AvgIpc) is 3.42. The summed E-state index contributed by atoms with van der Waals surface area (Å²) >= 11 is 0. The van der Waals surface area contributed by atoms with E-state index < -0.39 is 0 Å². The molecule has 0 amide bonds. The van der Waals surface area contributed by atoms with Crippen LogP contribution < -0.4 is 0 Å². The fourth-order valence-electron chi connectivity index (χ4n) is 6.70. The van der Waals surface area contributed by atoms with Gasteiger partial charge in [0.25, 0.3) is 0 Å². The van der Waals surface area contributed by atoms with Crippen LogP contribution in [0, 0.1) is 0 Å². The molecule has 0 N–H and O–H groups in total. The molecule has 8 rings (SSSR count). The lowest BCUT2D eigenvalue weighted by atomic mass is 9.82. The normalized spacial score (nSPS) is 13.7. The van der Waals surface area contributed by atoms with Crippen molar-refractivity contribution in [2.75, 3.05) is 0 Å². The van der Waals surface area contributed by atoms with E-state index >= 15 is 0 Å². The van der Waals surface area contributed by atoms with Gasteiger partial charge in [-0.25, -0.2) is 0 Å². The second kappa shape index (κ2) is 7.69. The van der Waals surface area contributed by atoms with Crippen molar-refractivity contribution < 1.29 is 0 Å². The number of hydrogen-bond acceptors (Lipinski definition) is 0. The third-order valence-electron chi connectivity index (χ3n) is 8.56. The molecule has 0 saturated heterocycles. The smallest absolute Gasteiger partial charge is 0.0619 e. The lowest BCUT2D eigenvalue weighted by molar-refractivity contribution is 0.661. The zero-order valence-electron chi connectivity index (χ0n) is 21.6. The first-order chi connectivity index (χ1) is 18.6. The molecular formula is C37H27N. The van der Waals surface area contributed by atoms with Crippen molar-refractivity contribution in [3.8, 4) is 27.9 Å². The molecule has 6 aromatic carbocycles. The molecule has 1 aliphatic rings. The zero-order chi connectivity index (χ0) is 25.4. The summed E-state index contributed by atoms with van der Waals surface area (Å²) < 4.78 is 2.47. The van der Waals surface area contributed by atoms with Crippen molar-refractivity contribution >= 4 is 32.6 Å². The molecule has 38 heavy (non-hydrogen) atoms. The predicted octanol–water partition coefficient (Wildman–Crippen LogP) is 9.91. The molecule has 1 heterocycles. The van der Waals surface area contributed by atoms with Crippen LogP contribution in [-0.2, 0) is 5.41 Å². The van der Waals surface area contributed by atoms with Crippen molar-refractivity contribution in [3.63, 3.8) is 0 Å². The van der Waals surface area contributed by atoms with E-state index in [0.717, 1.165) is 0 Å². The van der Waals surface area contributed by atoms with Gasteiger partial charge in [0.1, 0.15) is 0 Å². The first-order valence-corrected chi connectivity index (χ1v) is 13.4. The van der Waals surface area contributed by atoms with Gasteiger partial charge in [0, 0.05) is 27.3 Å². The molecule has 1 heteroatoms. The highest BCUT2D eigenvalue weighted by Gasteiger charge is 2.35. The summed E-state index contributed by atoms with van der Waals surface area (Å²) in [5.41, 5.74) is 11.7. The molecule has 1 aliphatic carbocycles. The number of aromatic nitrogens is 1. The Balaban J connectivity index is 1.49. The van der Waals surface area contributed by atoms with Gasteiger partial charge in [-0.15, -0.1) is 0 Å². The van der Waals surface area contributed by atoms with Crippen molar-refractivity contribution in [3.05, 3.63) is 139 Å². The fraction of sp³-hybridized carbons (Fsp3) is 0.0811. The minimum atomic E-state index is -0.00814. The molecule has 0 atom stereocenters. The highest BCUT2D eigenvalue weighted by atomic mass is 15.0. The fourth-order valence-corrected chi connectivity index (χ4v) is 6.70. The summed E-state index contributed by atoms with van der Waals surface area (Å²) in [7, 11) is 0. The van der Waals surface area contributed by atoms with E-state index in [2.05, 4.69) is 146 Å². The summed E-state index contributed by atoms with van der Waals surface area (Å²) in [6, 6.07) is 46.9. The van der Waals surface area contributed by atoms with Crippen LogP contribution in [0.1, 0.15) is 25.0 Å². The van der Waals surface area contributed by atoms with Crippen molar-refractivity contribution in [1.82, 2.24) is 4.57 Å². The summed E-state index contributed by atoms with van der Waals surface area (Å²) in [4.78, 5) is 0. The van der Waals surface area contributed by atoms with Crippen molar-refractivity contribution in [2.24, 2.45) is 0 Å². The summed E-state index contributed by atoms with van der Waals surface area (Å²) in [6.45, 7) is 4.71. The van der Waals surface area contributed by atoms with Gasteiger partial charge in [-0.3, -0.25) is 0 Å². The number of benzene rings is 6. The number of hydrogen-bond donors (Lipinski definition) is 0. The zero-order valence-corrected chi connectivity index (χ0v) is 21.6. The van der Waals surface area contributed by atoms with Crippen LogP contribution in [-0.4, -0.2) is 4.57 Å². The standard InChI is InChI=1S/C37H27N/c1-37(2)33-17-8-6-15-28(33)32-23-31-26(22-34(32)37)19-20-30-29-16-7-9-18-35(29)38(36(30)31)27-14-10-13-25(21-27)24-11-4-3-5-12-24/h3-23H,1-2H3. The maximum atomic E-state index is 2.47. The van der Waals surface area contributed by atoms with Gasteiger partial charge in [0.05, 0.1) is 11.0 Å². The molecule has 0 saturated carbocycles. The molecule has 0 radical (unpaired) electrons. The molecule has 0 aliphatic heterocycles. The average molecular weight is 486 g/mol. The number of para-hydroxylation sites is 1. The molecule has 1 aromatic heterocycles. The van der Waals surface area contributed by atoms with Gasteiger partial charge in [-0.1, -0.05) is 111 Å². The van der Waals surface area contributed by atoms with Gasteiger partial charge in [0.15, 0.2) is 0 Å². The van der Waals surface area contributed by atoms with E-state index in [4.69, 9.17) is 0 Å². The van der Waals surface area contributed by atoms with E-state index in [0.29, 0.717) is 0 Å². The van der Waals surface area contributed by atoms with Crippen LogP contribution >= 0.6 is 0 Å². The third kappa shape index (κ3) is 2.87. The van der Waals surface area contributed by atoms with Gasteiger partial charge in [0.2, 0.25) is 0 Å². The van der Waals surface area contributed by atoms with Crippen molar-refractivity contribution in [2.45, 2.75) is 19.3 Å². The van der Waals surface area contributed by atoms with E-state index in [1.54, 1.807) is 0 Å². The van der Waals surface area contributed by atoms with Gasteiger partial charge in [-0.05, 0) is 69.1 Å². The van der Waals surface area contributed by atoms with E-state index in [-0.39, 0.29) is 5.41 Å². The Labute approximate surface area is 222 Å². The Morgan fingerprint density at radius 2 is 1.26 bits per heavy atom. The van der Waals surface area contributed by atoms with Gasteiger partial charge < -0.3 is 4.57 Å². The lowest BCUT2D eigenvalue weighted by Gasteiger charge is -2.21. The lowest BCUT2D eigenvalue weighted by Crippen LogP contribution is -2.14. The Morgan fingerprint density at radius 3 is 2.16 bits per heavy atom. The molecule has 7 aromatic rings. The molecular weight excluding hydrogens is 458 g/mol. The highest BCUT2D eigenvalue weighted by molar-refractivity contribution is 6.19. The minimum Gasteiger partial charge on any atom is -0.309 e. The maximum Gasteiger partial charge on any atom is 0.0619 e. The molecule has 0 bridgehead atoms. The van der Waals surface area contributed by atoms with Crippen LogP contribution in [0.15, 0.2) is 127 Å². The maximum absolute atomic E-state index is 2.47. The third-order valence-corrected chi connectivity index (χ3v) is 8.56. The SMILES string of the molecule is CC1(C)c2ccccc2-c2cc3c(ccc4c5ccccc5n(-c5cccc(-c6ccccc6)c5)c34)cc21. The first kappa shape index (κ1) is 21.5. The highest BCUT2D eigenvalue weighted by Crippen LogP contribution is 2.50. The predicted molar refractivity (Wildman–Crippen MR) is 161 cm³/mol. The second-order valence-corrected chi connectivity index (χ2v) is 11.0. The minimum absolute atomic E-state index is 0.00814. The Hall–Kier alpha value is -4.62. The van der Waals surface area contributed by atoms with Gasteiger partial charge in [-0.2, -0.15) is 0 Å². The molecule has 1 nitrogen and oxygen atoms in total. The molecule has 0 unspecified atom stereocenters. The van der Waals surface area contributed by atoms with Crippen LogP contribution in [0.3, 0.4) is 0 Å². The van der Waals surface area contributed by atoms with E-state index in [1.807, 2.05) is 0 Å². The molecule has 180 valence electrons. The Morgan fingerprint density at radius 1 is 0.500 bits per heavy atom. The Bertz CT molecular complexity index is 2040. The van der Waals surface area contributed by atoms with Crippen LogP contribution in [0.25, 0.3) is 60.5 Å². The Kier molecular flexibility index (Phi) is 4.35. The monoisotopic (exact) mass is 485 g/mol. The second-order valence-electron chi connectivity index (χ2n) is 11.0. The quantitative estimate of drug-likeness (QED) is 0.230. The van der Waals surface area contributed by atoms with Crippen LogP contribution in [0.5, 0.6) is 0 Å².